The minimum atomic E-state index is -4.44. The molecule has 0 fully saturated rings. The first-order valence-corrected chi connectivity index (χ1v) is 11.6. The first-order chi connectivity index (χ1) is 16.9. The molecule has 0 aliphatic heterocycles. The highest BCUT2D eigenvalue weighted by Gasteiger charge is 2.30. The highest BCUT2D eigenvalue weighted by atomic mass is 19.4. The summed E-state index contributed by atoms with van der Waals surface area (Å²) in [4.78, 5) is 6.86. The second-order valence-electron chi connectivity index (χ2n) is 8.03. The van der Waals surface area contributed by atoms with Crippen molar-refractivity contribution in [3.63, 3.8) is 0 Å². The Balaban J connectivity index is 1.41. The number of oxazole rings is 1. The number of nitrogens with zero attached hydrogens (tertiary/aromatic N) is 2. The molecule has 0 saturated carbocycles. The van der Waals surface area contributed by atoms with Gasteiger partial charge in [0.15, 0.2) is 5.58 Å². The number of hydrogen-bond donors (Lipinski definition) is 0. The molecule has 0 atom stereocenters. The van der Waals surface area contributed by atoms with Gasteiger partial charge in [0.25, 0.3) is 0 Å². The van der Waals surface area contributed by atoms with Crippen LogP contribution >= 0.6 is 0 Å². The summed E-state index contributed by atoms with van der Waals surface area (Å²) in [5.41, 5.74) is 1.11. The average Bonchev–Trinajstić information content (AvgIpc) is 3.28. The Kier molecular flexibility index (Phi) is 7.60. The smallest absolute Gasteiger partial charge is 0.416 e. The van der Waals surface area contributed by atoms with Gasteiger partial charge in [0, 0.05) is 18.2 Å². The largest absolute Gasteiger partial charge is 0.494 e. The zero-order chi connectivity index (χ0) is 24.8. The minimum Gasteiger partial charge on any atom is -0.494 e. The first kappa shape index (κ1) is 24.6. The van der Waals surface area contributed by atoms with Gasteiger partial charge >= 0.3 is 6.18 Å². The lowest BCUT2D eigenvalue weighted by Gasteiger charge is -2.17. The van der Waals surface area contributed by atoms with Crippen molar-refractivity contribution in [2.45, 2.75) is 26.4 Å². The Hall–Kier alpha value is -3.52. The van der Waals surface area contributed by atoms with Crippen LogP contribution in [0, 0.1) is 0 Å². The van der Waals surface area contributed by atoms with Crippen molar-refractivity contribution in [3.8, 4) is 28.7 Å². The van der Waals surface area contributed by atoms with Gasteiger partial charge in [-0.25, -0.2) is 4.98 Å². The van der Waals surface area contributed by atoms with E-state index in [0.717, 1.165) is 49.5 Å². The number of fused-ring (bicyclic) bond motifs is 1. The normalized spacial score (nSPS) is 11.8. The molecule has 184 valence electrons. The standard InChI is InChI=1S/C27H27F3N2O3/c1-3-32(4-2)15-6-16-33-21-11-9-19(10-12-21)26-31-24-14-13-23(18-25(24)35-26)34-22-8-5-7-20(17-22)27(28,29)30/h5,7-14,17-18H,3-4,6,15-16H2,1-2H3. The number of benzene rings is 3. The molecule has 1 aromatic heterocycles. The van der Waals surface area contributed by atoms with Crippen LogP contribution in [0.15, 0.2) is 71.1 Å². The van der Waals surface area contributed by atoms with Gasteiger partial charge in [-0.2, -0.15) is 13.2 Å². The van der Waals surface area contributed by atoms with Crippen LogP contribution in [0.5, 0.6) is 17.2 Å². The third kappa shape index (κ3) is 6.33. The molecule has 0 aliphatic rings. The van der Waals surface area contributed by atoms with Crippen LogP contribution in [-0.2, 0) is 6.18 Å². The van der Waals surface area contributed by atoms with Gasteiger partial charge < -0.3 is 18.8 Å². The Morgan fingerprint density at radius 3 is 2.31 bits per heavy atom. The van der Waals surface area contributed by atoms with E-state index in [9.17, 15) is 13.2 Å². The molecule has 1 heterocycles. The maximum Gasteiger partial charge on any atom is 0.416 e. The van der Waals surface area contributed by atoms with E-state index in [4.69, 9.17) is 13.9 Å². The van der Waals surface area contributed by atoms with E-state index < -0.39 is 11.7 Å². The molecule has 0 bridgehead atoms. The SMILES string of the molecule is CCN(CC)CCCOc1ccc(-c2nc3ccc(Oc4cccc(C(F)(F)F)c4)cc3o2)cc1. The minimum absolute atomic E-state index is 0.0894. The molecule has 0 unspecified atom stereocenters. The van der Waals surface area contributed by atoms with Crippen LogP contribution in [0.25, 0.3) is 22.6 Å². The summed E-state index contributed by atoms with van der Waals surface area (Å²) in [5.74, 6) is 1.66. The summed E-state index contributed by atoms with van der Waals surface area (Å²) < 4.78 is 56.2. The Bertz CT molecular complexity index is 1250. The van der Waals surface area contributed by atoms with E-state index in [-0.39, 0.29) is 5.75 Å². The zero-order valence-corrected chi connectivity index (χ0v) is 19.6. The number of ether oxygens (including phenoxy) is 2. The molecule has 8 heteroatoms. The molecule has 0 radical (unpaired) electrons. The molecular weight excluding hydrogens is 457 g/mol. The van der Waals surface area contributed by atoms with E-state index in [2.05, 4.69) is 23.7 Å². The van der Waals surface area contributed by atoms with Crippen LogP contribution in [0.4, 0.5) is 13.2 Å². The Morgan fingerprint density at radius 1 is 0.886 bits per heavy atom. The zero-order valence-electron chi connectivity index (χ0n) is 19.6. The van der Waals surface area contributed by atoms with Crippen molar-refractivity contribution in [1.29, 1.82) is 0 Å². The fourth-order valence-corrected chi connectivity index (χ4v) is 3.68. The van der Waals surface area contributed by atoms with Crippen LogP contribution in [0.3, 0.4) is 0 Å². The molecule has 3 aromatic carbocycles. The third-order valence-corrected chi connectivity index (χ3v) is 5.64. The predicted octanol–water partition coefficient (Wildman–Crippen LogP) is 7.42. The molecule has 0 amide bonds. The lowest BCUT2D eigenvalue weighted by Crippen LogP contribution is -2.25. The Morgan fingerprint density at radius 2 is 1.60 bits per heavy atom. The van der Waals surface area contributed by atoms with Gasteiger partial charge in [-0.1, -0.05) is 19.9 Å². The van der Waals surface area contributed by atoms with E-state index in [0.29, 0.717) is 29.3 Å². The van der Waals surface area contributed by atoms with Gasteiger partial charge in [0.1, 0.15) is 22.8 Å². The highest BCUT2D eigenvalue weighted by Crippen LogP contribution is 2.34. The number of alkyl halides is 3. The third-order valence-electron chi connectivity index (χ3n) is 5.64. The molecule has 4 rings (SSSR count). The van der Waals surface area contributed by atoms with Crippen molar-refractivity contribution in [1.82, 2.24) is 9.88 Å². The molecule has 0 N–H and O–H groups in total. The quantitative estimate of drug-likeness (QED) is 0.219. The molecule has 5 nitrogen and oxygen atoms in total. The van der Waals surface area contributed by atoms with Crippen LogP contribution < -0.4 is 9.47 Å². The van der Waals surface area contributed by atoms with E-state index in [1.54, 1.807) is 18.2 Å². The van der Waals surface area contributed by atoms with Crippen molar-refractivity contribution >= 4 is 11.1 Å². The van der Waals surface area contributed by atoms with Gasteiger partial charge in [0.05, 0.1) is 12.2 Å². The lowest BCUT2D eigenvalue weighted by molar-refractivity contribution is -0.137. The molecule has 0 saturated heterocycles. The van der Waals surface area contributed by atoms with Crippen molar-refractivity contribution in [2.75, 3.05) is 26.2 Å². The molecule has 0 aliphatic carbocycles. The van der Waals surface area contributed by atoms with Crippen molar-refractivity contribution in [3.05, 3.63) is 72.3 Å². The second-order valence-corrected chi connectivity index (χ2v) is 8.03. The fourth-order valence-electron chi connectivity index (χ4n) is 3.68. The van der Waals surface area contributed by atoms with Crippen molar-refractivity contribution < 1.29 is 27.1 Å². The summed E-state index contributed by atoms with van der Waals surface area (Å²) in [6.45, 7) is 8.03. The second kappa shape index (κ2) is 10.8. The summed E-state index contributed by atoms with van der Waals surface area (Å²) in [5, 5.41) is 0. The molecule has 0 spiro atoms. The van der Waals surface area contributed by atoms with Crippen LogP contribution in [0.2, 0.25) is 0 Å². The molecular formula is C27H27F3N2O3. The van der Waals surface area contributed by atoms with Crippen LogP contribution in [0.1, 0.15) is 25.8 Å². The van der Waals surface area contributed by atoms with Gasteiger partial charge in [0.2, 0.25) is 5.89 Å². The van der Waals surface area contributed by atoms with E-state index in [1.165, 1.54) is 12.1 Å². The highest BCUT2D eigenvalue weighted by molar-refractivity contribution is 5.77. The monoisotopic (exact) mass is 484 g/mol. The Labute approximate surface area is 202 Å². The summed E-state index contributed by atoms with van der Waals surface area (Å²) in [7, 11) is 0. The topological polar surface area (TPSA) is 47.7 Å². The maximum absolute atomic E-state index is 12.9. The maximum atomic E-state index is 12.9. The fraction of sp³-hybridized carbons (Fsp3) is 0.296. The van der Waals surface area contributed by atoms with E-state index >= 15 is 0 Å². The first-order valence-electron chi connectivity index (χ1n) is 11.6. The van der Waals surface area contributed by atoms with Crippen LogP contribution in [-0.4, -0.2) is 36.1 Å². The summed E-state index contributed by atoms with van der Waals surface area (Å²) in [6.07, 6.45) is -3.48. The van der Waals surface area contributed by atoms with Gasteiger partial charge in [-0.05, 0) is 74.1 Å². The summed E-state index contributed by atoms with van der Waals surface area (Å²) >= 11 is 0. The van der Waals surface area contributed by atoms with Gasteiger partial charge in [-0.3, -0.25) is 0 Å². The average molecular weight is 485 g/mol. The van der Waals surface area contributed by atoms with E-state index in [1.807, 2.05) is 24.3 Å². The number of halogens is 3. The van der Waals surface area contributed by atoms with Gasteiger partial charge in [-0.15, -0.1) is 0 Å². The molecule has 4 aromatic rings. The number of rotatable bonds is 10. The number of aromatic nitrogens is 1. The molecule has 35 heavy (non-hydrogen) atoms. The summed E-state index contributed by atoms with van der Waals surface area (Å²) in [6, 6.07) is 17.2. The predicted molar refractivity (Wildman–Crippen MR) is 129 cm³/mol. The number of hydrogen-bond acceptors (Lipinski definition) is 5. The van der Waals surface area contributed by atoms with Crippen molar-refractivity contribution in [2.24, 2.45) is 0 Å². The lowest BCUT2D eigenvalue weighted by atomic mass is 10.2.